The van der Waals surface area contributed by atoms with Crippen LogP contribution in [0.1, 0.15) is 17.2 Å². The summed E-state index contributed by atoms with van der Waals surface area (Å²) in [6.45, 7) is 0. The third-order valence-electron chi connectivity index (χ3n) is 3.35. The number of fused-ring (bicyclic) bond motifs is 1. The van der Waals surface area contributed by atoms with E-state index in [1.807, 2.05) is 49.7 Å². The van der Waals surface area contributed by atoms with E-state index in [4.69, 9.17) is 10.2 Å². The Balaban J connectivity index is 2.12. The van der Waals surface area contributed by atoms with Crippen LogP contribution in [0.4, 0.5) is 5.69 Å². The summed E-state index contributed by atoms with van der Waals surface area (Å²) in [6, 6.07) is 16.0. The molecule has 0 aliphatic heterocycles. The summed E-state index contributed by atoms with van der Waals surface area (Å²) in [7, 11) is 1.94. The first-order chi connectivity index (χ1) is 9.29. The number of rotatable bonds is 3. The van der Waals surface area contributed by atoms with Gasteiger partial charge in [0.05, 0.1) is 12.3 Å². The van der Waals surface area contributed by atoms with E-state index in [0.717, 1.165) is 27.8 Å². The summed E-state index contributed by atoms with van der Waals surface area (Å²) in [4.78, 5) is 0. The molecule has 19 heavy (non-hydrogen) atoms. The van der Waals surface area contributed by atoms with Crippen molar-refractivity contribution in [1.82, 2.24) is 5.32 Å². The number of benzene rings is 2. The molecule has 2 aromatic carbocycles. The van der Waals surface area contributed by atoms with Gasteiger partial charge in [-0.05, 0) is 30.8 Å². The Bertz CT molecular complexity index is 703. The highest BCUT2D eigenvalue weighted by Gasteiger charge is 2.17. The Labute approximate surface area is 112 Å². The molecular formula is C16H16N2O. The summed E-state index contributed by atoms with van der Waals surface area (Å²) in [5, 5.41) is 4.45. The van der Waals surface area contributed by atoms with Gasteiger partial charge in [0.2, 0.25) is 0 Å². The van der Waals surface area contributed by atoms with Crippen LogP contribution in [0.5, 0.6) is 0 Å². The lowest BCUT2D eigenvalue weighted by atomic mass is 9.98. The Morgan fingerprint density at radius 2 is 1.95 bits per heavy atom. The smallest absolute Gasteiger partial charge is 0.134 e. The molecular weight excluding hydrogens is 236 g/mol. The molecule has 3 N–H and O–H groups in total. The van der Waals surface area contributed by atoms with Gasteiger partial charge >= 0.3 is 0 Å². The van der Waals surface area contributed by atoms with E-state index in [9.17, 15) is 0 Å². The second-order valence-electron chi connectivity index (χ2n) is 4.58. The number of nitrogen functional groups attached to an aromatic ring is 1. The molecule has 0 saturated heterocycles. The number of hydrogen-bond donors (Lipinski definition) is 2. The lowest BCUT2D eigenvalue weighted by Gasteiger charge is -2.16. The summed E-state index contributed by atoms with van der Waals surface area (Å²) < 4.78 is 5.61. The zero-order valence-corrected chi connectivity index (χ0v) is 10.8. The van der Waals surface area contributed by atoms with E-state index < -0.39 is 0 Å². The fraction of sp³-hybridized carbons (Fsp3) is 0.125. The fourth-order valence-corrected chi connectivity index (χ4v) is 2.46. The molecule has 0 bridgehead atoms. The van der Waals surface area contributed by atoms with Gasteiger partial charge < -0.3 is 15.5 Å². The van der Waals surface area contributed by atoms with E-state index in [0.29, 0.717) is 0 Å². The second kappa shape index (κ2) is 4.78. The van der Waals surface area contributed by atoms with Gasteiger partial charge in [-0.2, -0.15) is 0 Å². The van der Waals surface area contributed by atoms with Crippen LogP contribution >= 0.6 is 0 Å². The topological polar surface area (TPSA) is 51.2 Å². The summed E-state index contributed by atoms with van der Waals surface area (Å²) in [5.74, 6) is 0. The first-order valence-electron chi connectivity index (χ1n) is 6.28. The predicted molar refractivity (Wildman–Crippen MR) is 78.0 cm³/mol. The number of anilines is 1. The molecule has 0 radical (unpaired) electrons. The summed E-state index contributed by atoms with van der Waals surface area (Å²) >= 11 is 0. The van der Waals surface area contributed by atoms with Crippen molar-refractivity contribution in [3.8, 4) is 0 Å². The van der Waals surface area contributed by atoms with Crippen LogP contribution in [0.15, 0.2) is 59.2 Å². The van der Waals surface area contributed by atoms with E-state index in [-0.39, 0.29) is 6.04 Å². The van der Waals surface area contributed by atoms with Gasteiger partial charge in [-0.1, -0.05) is 30.3 Å². The fourth-order valence-electron chi connectivity index (χ4n) is 2.46. The van der Waals surface area contributed by atoms with E-state index in [1.54, 1.807) is 0 Å². The molecule has 1 unspecified atom stereocenters. The minimum Gasteiger partial charge on any atom is -0.464 e. The third kappa shape index (κ3) is 2.09. The molecule has 1 aromatic heterocycles. The van der Waals surface area contributed by atoms with Gasteiger partial charge in [-0.15, -0.1) is 0 Å². The highest BCUT2D eigenvalue weighted by atomic mass is 16.3. The lowest BCUT2D eigenvalue weighted by molar-refractivity contribution is 0.597. The zero-order chi connectivity index (χ0) is 13.2. The number of hydrogen-bond acceptors (Lipinski definition) is 3. The summed E-state index contributed by atoms with van der Waals surface area (Å²) in [5.41, 5.74) is 9.80. The molecule has 3 heteroatoms. The maximum atomic E-state index is 5.87. The molecule has 96 valence electrons. The van der Waals surface area contributed by atoms with Crippen molar-refractivity contribution in [1.29, 1.82) is 0 Å². The maximum absolute atomic E-state index is 5.87. The minimum absolute atomic E-state index is 0.0761. The average Bonchev–Trinajstić information content (AvgIpc) is 2.84. The SMILES string of the molecule is CNC(c1cccc(N)c1)c1coc2ccccc12. The van der Waals surface area contributed by atoms with Gasteiger partial charge in [-0.25, -0.2) is 0 Å². The van der Waals surface area contributed by atoms with E-state index >= 15 is 0 Å². The first kappa shape index (κ1) is 11.8. The average molecular weight is 252 g/mol. The Morgan fingerprint density at radius 1 is 1.11 bits per heavy atom. The molecule has 3 rings (SSSR count). The normalized spacial score (nSPS) is 12.7. The first-order valence-corrected chi connectivity index (χ1v) is 6.28. The lowest BCUT2D eigenvalue weighted by Crippen LogP contribution is -2.17. The monoisotopic (exact) mass is 252 g/mol. The largest absolute Gasteiger partial charge is 0.464 e. The molecule has 1 atom stereocenters. The minimum atomic E-state index is 0.0761. The Kier molecular flexibility index (Phi) is 2.97. The molecule has 3 nitrogen and oxygen atoms in total. The molecule has 1 heterocycles. The van der Waals surface area contributed by atoms with Crippen molar-refractivity contribution in [2.24, 2.45) is 0 Å². The number of nitrogens with two attached hydrogens (primary N) is 1. The molecule has 0 amide bonds. The van der Waals surface area contributed by atoms with Crippen molar-refractivity contribution >= 4 is 16.7 Å². The van der Waals surface area contributed by atoms with Crippen LogP contribution in [0.3, 0.4) is 0 Å². The molecule has 0 fully saturated rings. The van der Waals surface area contributed by atoms with Gasteiger partial charge in [0, 0.05) is 16.6 Å². The highest BCUT2D eigenvalue weighted by Crippen LogP contribution is 2.30. The van der Waals surface area contributed by atoms with Gasteiger partial charge in [-0.3, -0.25) is 0 Å². The van der Waals surface area contributed by atoms with Crippen LogP contribution in [-0.2, 0) is 0 Å². The maximum Gasteiger partial charge on any atom is 0.134 e. The number of nitrogens with one attached hydrogen (secondary N) is 1. The van der Waals surface area contributed by atoms with Crippen molar-refractivity contribution in [3.05, 3.63) is 65.9 Å². The third-order valence-corrected chi connectivity index (χ3v) is 3.35. The van der Waals surface area contributed by atoms with E-state index in [2.05, 4.69) is 17.4 Å². The van der Waals surface area contributed by atoms with Gasteiger partial charge in [0.25, 0.3) is 0 Å². The zero-order valence-electron chi connectivity index (χ0n) is 10.8. The van der Waals surface area contributed by atoms with Crippen LogP contribution in [0.2, 0.25) is 0 Å². The van der Waals surface area contributed by atoms with Crippen molar-refractivity contribution in [2.45, 2.75) is 6.04 Å². The van der Waals surface area contributed by atoms with E-state index in [1.165, 1.54) is 0 Å². The quantitative estimate of drug-likeness (QED) is 0.703. The number of para-hydroxylation sites is 1. The Morgan fingerprint density at radius 3 is 2.74 bits per heavy atom. The highest BCUT2D eigenvalue weighted by molar-refractivity contribution is 5.82. The van der Waals surface area contributed by atoms with Crippen LogP contribution in [0.25, 0.3) is 11.0 Å². The van der Waals surface area contributed by atoms with Crippen molar-refractivity contribution < 1.29 is 4.42 Å². The Hall–Kier alpha value is -2.26. The van der Waals surface area contributed by atoms with Crippen LogP contribution in [-0.4, -0.2) is 7.05 Å². The van der Waals surface area contributed by atoms with Crippen LogP contribution < -0.4 is 11.1 Å². The van der Waals surface area contributed by atoms with Crippen LogP contribution in [0, 0.1) is 0 Å². The molecule has 3 aromatic rings. The standard InChI is InChI=1S/C16H16N2O/c1-18-16(11-5-4-6-12(17)9-11)14-10-19-15-8-3-2-7-13(14)15/h2-10,16,18H,17H2,1H3. The molecule has 0 aliphatic carbocycles. The van der Waals surface area contributed by atoms with Gasteiger partial charge in [0.1, 0.15) is 5.58 Å². The van der Waals surface area contributed by atoms with Crippen molar-refractivity contribution in [2.75, 3.05) is 12.8 Å². The molecule has 0 aliphatic rings. The predicted octanol–water partition coefficient (Wildman–Crippen LogP) is 3.32. The number of furan rings is 1. The van der Waals surface area contributed by atoms with Crippen molar-refractivity contribution in [3.63, 3.8) is 0 Å². The summed E-state index contributed by atoms with van der Waals surface area (Å²) in [6.07, 6.45) is 1.81. The second-order valence-corrected chi connectivity index (χ2v) is 4.58. The van der Waals surface area contributed by atoms with Gasteiger partial charge in [0.15, 0.2) is 0 Å². The molecule has 0 spiro atoms. The molecule has 0 saturated carbocycles.